The van der Waals surface area contributed by atoms with Gasteiger partial charge >= 0.3 is 0 Å². The summed E-state index contributed by atoms with van der Waals surface area (Å²) in [6, 6.07) is 16.1. The van der Waals surface area contributed by atoms with E-state index in [2.05, 4.69) is 17.6 Å². The van der Waals surface area contributed by atoms with E-state index >= 15 is 0 Å². The Labute approximate surface area is 132 Å². The topological polar surface area (TPSA) is 56.0 Å². The van der Waals surface area contributed by atoms with Gasteiger partial charge < -0.3 is 0 Å². The van der Waals surface area contributed by atoms with E-state index in [-0.39, 0.29) is 5.69 Å². The van der Waals surface area contributed by atoms with Crippen molar-refractivity contribution >= 4 is 40.8 Å². The van der Waals surface area contributed by atoms with Crippen LogP contribution in [0.5, 0.6) is 0 Å². The van der Waals surface area contributed by atoms with Crippen molar-refractivity contribution in [3.63, 3.8) is 0 Å². The lowest BCUT2D eigenvalue weighted by Crippen LogP contribution is -1.92. The molecule has 3 rings (SSSR count). The third-order valence-corrected chi connectivity index (χ3v) is 3.26. The van der Waals surface area contributed by atoms with Gasteiger partial charge in [-0.15, -0.1) is 12.6 Å². The van der Waals surface area contributed by atoms with Crippen molar-refractivity contribution in [2.75, 3.05) is 0 Å². The van der Waals surface area contributed by atoms with Crippen molar-refractivity contribution in [1.82, 2.24) is 4.98 Å². The molecule has 0 saturated carbocycles. The number of nitro benzene ring substituents is 1. The quantitative estimate of drug-likeness (QED) is 0.399. The van der Waals surface area contributed by atoms with Crippen LogP contribution in [0.25, 0.3) is 10.9 Å². The van der Waals surface area contributed by atoms with Crippen LogP contribution in [0.4, 0.5) is 5.69 Å². The predicted molar refractivity (Wildman–Crippen MR) is 87.1 cm³/mol. The summed E-state index contributed by atoms with van der Waals surface area (Å²) in [5.41, 5.74) is 0.621. The van der Waals surface area contributed by atoms with Crippen LogP contribution >= 0.6 is 24.2 Å². The Bertz CT molecular complexity index is 766. The summed E-state index contributed by atoms with van der Waals surface area (Å²) in [6.45, 7) is 0. The molecular formula is C15H11ClN2O2S. The first-order chi connectivity index (χ1) is 10.1. The first-order valence-electron chi connectivity index (χ1n) is 6.01. The van der Waals surface area contributed by atoms with E-state index in [0.717, 1.165) is 5.02 Å². The maximum Gasteiger partial charge on any atom is 0.291 e. The number of fused-ring (bicyclic) bond motifs is 1. The lowest BCUT2D eigenvalue weighted by Gasteiger charge is -2.00. The van der Waals surface area contributed by atoms with Gasteiger partial charge in [-0.3, -0.25) is 15.1 Å². The monoisotopic (exact) mass is 318 g/mol. The summed E-state index contributed by atoms with van der Waals surface area (Å²) >= 11 is 9.58. The molecule has 0 fully saturated rings. The van der Waals surface area contributed by atoms with Gasteiger partial charge in [-0.1, -0.05) is 29.8 Å². The molecule has 0 aliphatic carbocycles. The summed E-state index contributed by atoms with van der Waals surface area (Å²) in [7, 11) is 0. The molecule has 0 aliphatic rings. The number of nitrogens with zero attached hydrogens (tertiary/aromatic N) is 2. The van der Waals surface area contributed by atoms with Crippen LogP contribution in [0, 0.1) is 10.1 Å². The molecule has 3 aromatic rings. The van der Waals surface area contributed by atoms with Crippen LogP contribution in [0.2, 0.25) is 5.02 Å². The number of pyridine rings is 1. The first kappa shape index (κ1) is 15.3. The third kappa shape index (κ3) is 3.93. The number of benzene rings is 2. The largest absolute Gasteiger partial charge is 0.291 e. The summed E-state index contributed by atoms with van der Waals surface area (Å²) in [5.74, 6) is 0. The molecule has 0 N–H and O–H groups in total. The molecule has 0 atom stereocenters. The number of thiol groups is 1. The summed E-state index contributed by atoms with van der Waals surface area (Å²) in [5, 5.41) is 12.1. The van der Waals surface area contributed by atoms with E-state index in [1.165, 1.54) is 0 Å². The Morgan fingerprint density at radius 1 is 1.05 bits per heavy atom. The average molecular weight is 319 g/mol. The Hall–Kier alpha value is -2.11. The van der Waals surface area contributed by atoms with Gasteiger partial charge in [0.1, 0.15) is 0 Å². The van der Waals surface area contributed by atoms with Crippen molar-refractivity contribution in [2.45, 2.75) is 4.90 Å². The minimum atomic E-state index is -0.438. The van der Waals surface area contributed by atoms with Gasteiger partial charge in [0.25, 0.3) is 5.69 Å². The molecule has 0 aliphatic heterocycles. The Balaban J connectivity index is 0.000000194. The SMILES string of the molecule is Clc1ccccc1.O=[N+]([O-])c1c(S)ccc2ncccc12. The maximum atomic E-state index is 10.8. The fraction of sp³-hybridized carbons (Fsp3) is 0. The van der Waals surface area contributed by atoms with E-state index < -0.39 is 4.92 Å². The van der Waals surface area contributed by atoms with E-state index in [0.29, 0.717) is 15.8 Å². The highest BCUT2D eigenvalue weighted by Gasteiger charge is 2.15. The van der Waals surface area contributed by atoms with Crippen LogP contribution < -0.4 is 0 Å². The molecule has 6 heteroatoms. The lowest BCUT2D eigenvalue weighted by atomic mass is 10.2. The molecule has 0 bridgehead atoms. The van der Waals surface area contributed by atoms with Gasteiger partial charge in [0.15, 0.2) is 0 Å². The molecule has 1 aromatic heterocycles. The van der Waals surface area contributed by atoms with Crippen LogP contribution in [-0.2, 0) is 0 Å². The van der Waals surface area contributed by atoms with Gasteiger partial charge in [0.2, 0.25) is 0 Å². The molecule has 106 valence electrons. The number of hydrogen-bond acceptors (Lipinski definition) is 4. The molecule has 1 heterocycles. The number of halogens is 1. The van der Waals surface area contributed by atoms with E-state index in [9.17, 15) is 10.1 Å². The Kier molecular flexibility index (Phi) is 5.14. The highest BCUT2D eigenvalue weighted by Crippen LogP contribution is 2.30. The summed E-state index contributed by atoms with van der Waals surface area (Å²) < 4.78 is 0. The number of nitro groups is 1. The second-order valence-electron chi connectivity index (χ2n) is 4.06. The minimum absolute atomic E-state index is 0.0129. The lowest BCUT2D eigenvalue weighted by molar-refractivity contribution is -0.385. The zero-order valence-corrected chi connectivity index (χ0v) is 12.5. The van der Waals surface area contributed by atoms with Crippen molar-refractivity contribution in [2.24, 2.45) is 0 Å². The summed E-state index contributed by atoms with van der Waals surface area (Å²) in [4.78, 5) is 14.7. The molecule has 2 aromatic carbocycles. The van der Waals surface area contributed by atoms with Crippen molar-refractivity contribution in [3.05, 3.63) is 75.9 Å². The Morgan fingerprint density at radius 2 is 1.76 bits per heavy atom. The third-order valence-electron chi connectivity index (χ3n) is 2.65. The second kappa shape index (κ2) is 7.06. The molecule has 0 radical (unpaired) electrons. The number of aromatic nitrogens is 1. The van der Waals surface area contributed by atoms with Crippen molar-refractivity contribution in [3.8, 4) is 0 Å². The molecule has 21 heavy (non-hydrogen) atoms. The van der Waals surface area contributed by atoms with Gasteiger partial charge in [0.05, 0.1) is 20.7 Å². The van der Waals surface area contributed by atoms with Gasteiger partial charge in [-0.05, 0) is 36.4 Å². The smallest absolute Gasteiger partial charge is 0.258 e. The molecule has 0 spiro atoms. The molecule has 0 unspecified atom stereocenters. The van der Waals surface area contributed by atoms with E-state index in [4.69, 9.17) is 11.6 Å². The zero-order valence-electron chi connectivity index (χ0n) is 10.8. The fourth-order valence-corrected chi connectivity index (χ4v) is 2.15. The first-order valence-corrected chi connectivity index (χ1v) is 6.84. The molecular weight excluding hydrogens is 308 g/mol. The maximum absolute atomic E-state index is 10.8. The van der Waals surface area contributed by atoms with Crippen LogP contribution in [0.3, 0.4) is 0 Å². The molecule has 0 saturated heterocycles. The van der Waals surface area contributed by atoms with E-state index in [1.54, 1.807) is 30.5 Å². The Morgan fingerprint density at radius 3 is 2.33 bits per heavy atom. The fourth-order valence-electron chi connectivity index (χ4n) is 1.73. The normalized spacial score (nSPS) is 9.81. The zero-order chi connectivity index (χ0) is 15.2. The number of rotatable bonds is 1. The van der Waals surface area contributed by atoms with Crippen molar-refractivity contribution in [1.29, 1.82) is 0 Å². The van der Waals surface area contributed by atoms with Gasteiger partial charge in [-0.25, -0.2) is 0 Å². The van der Waals surface area contributed by atoms with Gasteiger partial charge in [-0.2, -0.15) is 0 Å². The predicted octanol–water partition coefficient (Wildman–Crippen LogP) is 4.77. The average Bonchev–Trinajstić information content (AvgIpc) is 2.48. The number of hydrogen-bond donors (Lipinski definition) is 1. The van der Waals surface area contributed by atoms with Crippen molar-refractivity contribution < 1.29 is 4.92 Å². The highest BCUT2D eigenvalue weighted by atomic mass is 35.5. The van der Waals surface area contributed by atoms with Crippen LogP contribution in [0.15, 0.2) is 65.7 Å². The van der Waals surface area contributed by atoms with Gasteiger partial charge in [0, 0.05) is 11.2 Å². The minimum Gasteiger partial charge on any atom is -0.258 e. The summed E-state index contributed by atoms with van der Waals surface area (Å²) in [6.07, 6.45) is 1.60. The molecule has 0 amide bonds. The van der Waals surface area contributed by atoms with Crippen LogP contribution in [-0.4, -0.2) is 9.91 Å². The standard InChI is InChI=1S/C9H6N2O2S.C6H5Cl/c12-11(13)9-6-2-1-5-10-7(6)3-4-8(9)14;7-6-4-2-1-3-5-6/h1-5,14H;1-5H. The van der Waals surface area contributed by atoms with E-state index in [1.807, 2.05) is 30.3 Å². The molecule has 4 nitrogen and oxygen atoms in total. The van der Waals surface area contributed by atoms with Crippen LogP contribution in [0.1, 0.15) is 0 Å². The highest BCUT2D eigenvalue weighted by molar-refractivity contribution is 7.80. The second-order valence-corrected chi connectivity index (χ2v) is 4.97.